The standard InChI is InChI=1S/C13H19N5O2/c1-5-8(2)15-10(19)6-18-7-14-11-9(3)16-17(4)12(11)13(18)20/h7-8H,5-6H2,1-4H3,(H,15,19)/t8-/m1/s1. The van der Waals surface area contributed by atoms with E-state index in [0.29, 0.717) is 16.7 Å². The summed E-state index contributed by atoms with van der Waals surface area (Å²) in [5, 5.41) is 7.00. The smallest absolute Gasteiger partial charge is 0.279 e. The van der Waals surface area contributed by atoms with Gasteiger partial charge in [-0.25, -0.2) is 4.98 Å². The molecule has 0 radical (unpaired) electrons. The van der Waals surface area contributed by atoms with Crippen LogP contribution in [0.25, 0.3) is 11.0 Å². The van der Waals surface area contributed by atoms with E-state index in [1.807, 2.05) is 13.8 Å². The summed E-state index contributed by atoms with van der Waals surface area (Å²) in [6, 6.07) is 0.0915. The fourth-order valence-electron chi connectivity index (χ4n) is 2.05. The molecule has 7 heteroatoms. The van der Waals surface area contributed by atoms with E-state index in [1.165, 1.54) is 15.6 Å². The van der Waals surface area contributed by atoms with Gasteiger partial charge in [-0.2, -0.15) is 5.10 Å². The van der Waals surface area contributed by atoms with Gasteiger partial charge in [0, 0.05) is 13.1 Å². The van der Waals surface area contributed by atoms with Gasteiger partial charge < -0.3 is 5.32 Å². The largest absolute Gasteiger partial charge is 0.352 e. The van der Waals surface area contributed by atoms with Crippen molar-refractivity contribution >= 4 is 16.9 Å². The molecule has 0 aromatic carbocycles. The maximum atomic E-state index is 12.3. The van der Waals surface area contributed by atoms with E-state index in [2.05, 4.69) is 15.4 Å². The first-order valence-electron chi connectivity index (χ1n) is 6.62. The van der Waals surface area contributed by atoms with E-state index in [0.717, 1.165) is 6.42 Å². The van der Waals surface area contributed by atoms with E-state index in [-0.39, 0.29) is 24.1 Å². The van der Waals surface area contributed by atoms with Crippen LogP contribution in [-0.2, 0) is 18.4 Å². The molecule has 0 aliphatic heterocycles. The van der Waals surface area contributed by atoms with Gasteiger partial charge in [0.15, 0.2) is 5.52 Å². The summed E-state index contributed by atoms with van der Waals surface area (Å²) in [6.07, 6.45) is 2.24. The molecule has 0 spiro atoms. The summed E-state index contributed by atoms with van der Waals surface area (Å²) in [6.45, 7) is 5.68. The van der Waals surface area contributed by atoms with Gasteiger partial charge in [-0.1, -0.05) is 6.92 Å². The van der Waals surface area contributed by atoms with Gasteiger partial charge in [0.2, 0.25) is 5.91 Å². The zero-order valence-corrected chi connectivity index (χ0v) is 12.2. The Morgan fingerprint density at radius 2 is 2.20 bits per heavy atom. The number of aromatic nitrogens is 4. The summed E-state index contributed by atoms with van der Waals surface area (Å²) in [5.74, 6) is -0.193. The lowest BCUT2D eigenvalue weighted by molar-refractivity contribution is -0.122. The zero-order chi connectivity index (χ0) is 14.9. The molecule has 7 nitrogen and oxygen atoms in total. The molecular weight excluding hydrogens is 258 g/mol. The quantitative estimate of drug-likeness (QED) is 0.874. The molecule has 1 atom stereocenters. The lowest BCUT2D eigenvalue weighted by Crippen LogP contribution is -2.37. The topological polar surface area (TPSA) is 81.8 Å². The summed E-state index contributed by atoms with van der Waals surface area (Å²) in [5.41, 5.74) is 1.45. The van der Waals surface area contributed by atoms with Crippen LogP contribution in [0.4, 0.5) is 0 Å². The monoisotopic (exact) mass is 277 g/mol. The molecule has 1 N–H and O–H groups in total. The van der Waals surface area contributed by atoms with Crippen LogP contribution in [0.1, 0.15) is 26.0 Å². The van der Waals surface area contributed by atoms with Crippen molar-refractivity contribution in [3.8, 4) is 0 Å². The third-order valence-electron chi connectivity index (χ3n) is 3.31. The minimum absolute atomic E-state index is 0.0314. The van der Waals surface area contributed by atoms with Gasteiger partial charge in [-0.3, -0.25) is 18.8 Å². The predicted molar refractivity (Wildman–Crippen MR) is 75.4 cm³/mol. The van der Waals surface area contributed by atoms with Crippen LogP contribution in [0, 0.1) is 6.92 Å². The van der Waals surface area contributed by atoms with Crippen LogP contribution < -0.4 is 10.9 Å². The molecular formula is C13H19N5O2. The van der Waals surface area contributed by atoms with E-state index in [1.54, 1.807) is 14.0 Å². The van der Waals surface area contributed by atoms with Crippen molar-refractivity contribution in [3.63, 3.8) is 0 Å². The molecule has 0 saturated heterocycles. The Bertz CT molecular complexity index is 701. The molecule has 0 bridgehead atoms. The maximum Gasteiger partial charge on any atom is 0.279 e. The molecule has 0 fully saturated rings. The second-order valence-electron chi connectivity index (χ2n) is 4.96. The first kappa shape index (κ1) is 14.2. The third kappa shape index (κ3) is 2.56. The van der Waals surface area contributed by atoms with Gasteiger partial charge in [-0.15, -0.1) is 0 Å². The molecule has 20 heavy (non-hydrogen) atoms. The Morgan fingerprint density at radius 3 is 2.85 bits per heavy atom. The van der Waals surface area contributed by atoms with E-state index >= 15 is 0 Å². The highest BCUT2D eigenvalue weighted by molar-refractivity contribution is 5.78. The van der Waals surface area contributed by atoms with Crippen LogP contribution in [-0.4, -0.2) is 31.3 Å². The minimum atomic E-state index is -0.252. The van der Waals surface area contributed by atoms with E-state index in [9.17, 15) is 9.59 Å². The number of hydrogen-bond donors (Lipinski definition) is 1. The fraction of sp³-hybridized carbons (Fsp3) is 0.538. The molecule has 0 saturated carbocycles. The number of carbonyl (C=O) groups excluding carboxylic acids is 1. The molecule has 0 unspecified atom stereocenters. The number of nitrogens with zero attached hydrogens (tertiary/aromatic N) is 4. The van der Waals surface area contributed by atoms with Crippen LogP contribution >= 0.6 is 0 Å². The van der Waals surface area contributed by atoms with Crippen molar-refractivity contribution < 1.29 is 4.79 Å². The Kier molecular flexibility index (Phi) is 3.87. The molecule has 108 valence electrons. The Balaban J connectivity index is 2.32. The number of aryl methyl sites for hydroxylation is 2. The van der Waals surface area contributed by atoms with Crippen molar-refractivity contribution in [2.75, 3.05) is 0 Å². The molecule has 1 amide bonds. The molecule has 2 rings (SSSR count). The fourth-order valence-corrected chi connectivity index (χ4v) is 2.05. The van der Waals surface area contributed by atoms with Crippen molar-refractivity contribution in [2.24, 2.45) is 7.05 Å². The van der Waals surface area contributed by atoms with Gasteiger partial charge in [0.1, 0.15) is 12.1 Å². The molecule has 0 aliphatic carbocycles. The number of nitrogens with one attached hydrogen (secondary N) is 1. The highest BCUT2D eigenvalue weighted by Gasteiger charge is 2.14. The zero-order valence-electron chi connectivity index (χ0n) is 12.2. The van der Waals surface area contributed by atoms with Crippen molar-refractivity contribution in [3.05, 3.63) is 22.4 Å². The second-order valence-corrected chi connectivity index (χ2v) is 4.96. The third-order valence-corrected chi connectivity index (χ3v) is 3.31. The SMILES string of the molecule is CC[C@@H](C)NC(=O)Cn1cnc2c(C)nn(C)c2c1=O. The lowest BCUT2D eigenvalue weighted by Gasteiger charge is -2.12. The first-order chi connectivity index (χ1) is 9.43. The highest BCUT2D eigenvalue weighted by Crippen LogP contribution is 2.09. The number of carbonyl (C=O) groups is 1. The Labute approximate surface area is 116 Å². The van der Waals surface area contributed by atoms with Gasteiger partial charge in [-0.05, 0) is 20.3 Å². The summed E-state index contributed by atoms with van der Waals surface area (Å²) >= 11 is 0. The van der Waals surface area contributed by atoms with Crippen LogP contribution in [0.15, 0.2) is 11.1 Å². The van der Waals surface area contributed by atoms with Crippen molar-refractivity contribution in [2.45, 2.75) is 39.8 Å². The number of fused-ring (bicyclic) bond motifs is 1. The molecule has 2 aromatic rings. The van der Waals surface area contributed by atoms with Gasteiger partial charge >= 0.3 is 0 Å². The van der Waals surface area contributed by atoms with Crippen LogP contribution in [0.2, 0.25) is 0 Å². The van der Waals surface area contributed by atoms with Crippen LogP contribution in [0.5, 0.6) is 0 Å². The molecule has 2 heterocycles. The number of hydrogen-bond acceptors (Lipinski definition) is 4. The van der Waals surface area contributed by atoms with E-state index < -0.39 is 0 Å². The minimum Gasteiger partial charge on any atom is -0.352 e. The van der Waals surface area contributed by atoms with Gasteiger partial charge in [0.05, 0.1) is 12.0 Å². The van der Waals surface area contributed by atoms with Crippen LogP contribution in [0.3, 0.4) is 0 Å². The number of rotatable bonds is 4. The average molecular weight is 277 g/mol. The number of amides is 1. The summed E-state index contributed by atoms with van der Waals surface area (Å²) < 4.78 is 2.81. The molecule has 2 aromatic heterocycles. The normalized spacial score (nSPS) is 12.6. The van der Waals surface area contributed by atoms with Gasteiger partial charge in [0.25, 0.3) is 5.56 Å². The van der Waals surface area contributed by atoms with Crippen molar-refractivity contribution in [1.29, 1.82) is 0 Å². The molecule has 0 aliphatic rings. The first-order valence-corrected chi connectivity index (χ1v) is 6.62. The second kappa shape index (κ2) is 5.44. The summed E-state index contributed by atoms with van der Waals surface area (Å²) in [4.78, 5) is 28.4. The Hall–Kier alpha value is -2.18. The van der Waals surface area contributed by atoms with Crippen molar-refractivity contribution in [1.82, 2.24) is 24.6 Å². The average Bonchev–Trinajstić information content (AvgIpc) is 2.68. The Morgan fingerprint density at radius 1 is 1.50 bits per heavy atom. The lowest BCUT2D eigenvalue weighted by atomic mass is 10.2. The summed E-state index contributed by atoms with van der Waals surface area (Å²) in [7, 11) is 1.70. The van der Waals surface area contributed by atoms with E-state index in [4.69, 9.17) is 0 Å². The maximum absolute atomic E-state index is 12.3. The predicted octanol–water partition coefficient (Wildman–Crippen LogP) is 0.353. The highest BCUT2D eigenvalue weighted by atomic mass is 16.2.